The Hall–Kier alpha value is -2.63. The van der Waals surface area contributed by atoms with Crippen LogP contribution < -0.4 is 14.8 Å². The largest absolute Gasteiger partial charge is 0.493 e. The minimum Gasteiger partial charge on any atom is -0.493 e. The van der Waals surface area contributed by atoms with Gasteiger partial charge in [0.15, 0.2) is 11.5 Å². The van der Waals surface area contributed by atoms with Crippen LogP contribution in [0.5, 0.6) is 11.5 Å². The molecule has 0 saturated carbocycles. The highest BCUT2D eigenvalue weighted by atomic mass is 19.3. The van der Waals surface area contributed by atoms with Crippen molar-refractivity contribution in [2.45, 2.75) is 27.0 Å². The van der Waals surface area contributed by atoms with Gasteiger partial charge in [-0.25, -0.2) is 0 Å². The molecule has 128 valence electrons. The number of carbonyl (C=O) groups excluding carboxylic acids is 1. The zero-order valence-corrected chi connectivity index (χ0v) is 13.7. The first-order valence-corrected chi connectivity index (χ1v) is 7.38. The normalized spacial score (nSPS) is 10.6. The van der Waals surface area contributed by atoms with E-state index in [1.807, 2.05) is 26.0 Å². The first-order valence-electron chi connectivity index (χ1n) is 7.38. The summed E-state index contributed by atoms with van der Waals surface area (Å²) in [6.07, 6.45) is 0. The number of amides is 1. The van der Waals surface area contributed by atoms with Crippen LogP contribution in [-0.4, -0.2) is 19.6 Å². The Labute approximate surface area is 139 Å². The lowest BCUT2D eigenvalue weighted by Crippen LogP contribution is -2.23. The smallest absolute Gasteiger partial charge is 0.387 e. The maximum Gasteiger partial charge on any atom is 0.387 e. The number of rotatable bonds is 6. The van der Waals surface area contributed by atoms with Crippen LogP contribution in [0.1, 0.15) is 27.0 Å². The molecule has 0 bridgehead atoms. The van der Waals surface area contributed by atoms with Gasteiger partial charge in [-0.05, 0) is 54.8 Å². The molecule has 0 saturated heterocycles. The fraction of sp³-hybridized carbons (Fsp3) is 0.278. The van der Waals surface area contributed by atoms with Gasteiger partial charge in [0.25, 0.3) is 5.91 Å². The Morgan fingerprint density at radius 1 is 1.08 bits per heavy atom. The second kappa shape index (κ2) is 7.77. The molecule has 24 heavy (non-hydrogen) atoms. The summed E-state index contributed by atoms with van der Waals surface area (Å²) in [4.78, 5) is 12.2. The zero-order chi connectivity index (χ0) is 17.7. The summed E-state index contributed by atoms with van der Waals surface area (Å²) in [6, 6.07) is 10.0. The van der Waals surface area contributed by atoms with E-state index in [0.29, 0.717) is 11.1 Å². The van der Waals surface area contributed by atoms with Gasteiger partial charge in [-0.3, -0.25) is 4.79 Å². The number of halogens is 2. The molecule has 0 fully saturated rings. The molecule has 2 rings (SSSR count). The number of aryl methyl sites for hydroxylation is 2. The first kappa shape index (κ1) is 17.7. The molecule has 6 heteroatoms. The van der Waals surface area contributed by atoms with Gasteiger partial charge in [0.2, 0.25) is 0 Å². The van der Waals surface area contributed by atoms with Gasteiger partial charge in [-0.15, -0.1) is 0 Å². The van der Waals surface area contributed by atoms with Crippen LogP contribution in [0.25, 0.3) is 0 Å². The van der Waals surface area contributed by atoms with Gasteiger partial charge in [-0.2, -0.15) is 8.78 Å². The molecule has 2 aromatic rings. The average molecular weight is 335 g/mol. The summed E-state index contributed by atoms with van der Waals surface area (Å²) >= 11 is 0. The molecule has 0 aliphatic rings. The van der Waals surface area contributed by atoms with Crippen LogP contribution in [0.2, 0.25) is 0 Å². The Morgan fingerprint density at radius 2 is 1.83 bits per heavy atom. The van der Waals surface area contributed by atoms with E-state index < -0.39 is 6.61 Å². The molecule has 1 N–H and O–H groups in total. The van der Waals surface area contributed by atoms with Crippen molar-refractivity contribution in [1.29, 1.82) is 0 Å². The topological polar surface area (TPSA) is 47.6 Å². The van der Waals surface area contributed by atoms with E-state index >= 15 is 0 Å². The summed E-state index contributed by atoms with van der Waals surface area (Å²) in [7, 11) is 1.37. The van der Waals surface area contributed by atoms with E-state index in [1.165, 1.54) is 13.2 Å². The summed E-state index contributed by atoms with van der Waals surface area (Å²) in [5, 5.41) is 2.79. The van der Waals surface area contributed by atoms with Crippen molar-refractivity contribution in [3.8, 4) is 11.5 Å². The molecule has 0 spiro atoms. The molecular weight excluding hydrogens is 316 g/mol. The van der Waals surface area contributed by atoms with Crippen LogP contribution >= 0.6 is 0 Å². The predicted molar refractivity (Wildman–Crippen MR) is 86.7 cm³/mol. The van der Waals surface area contributed by atoms with Crippen molar-refractivity contribution in [3.63, 3.8) is 0 Å². The third kappa shape index (κ3) is 4.44. The highest BCUT2D eigenvalue weighted by Gasteiger charge is 2.12. The van der Waals surface area contributed by atoms with Gasteiger partial charge in [0, 0.05) is 12.1 Å². The number of hydrogen-bond acceptors (Lipinski definition) is 3. The van der Waals surface area contributed by atoms with Crippen molar-refractivity contribution in [1.82, 2.24) is 5.32 Å². The SMILES string of the molecule is COc1cc(CNC(=O)c2ccc(C)c(C)c2)ccc1OC(F)F. The lowest BCUT2D eigenvalue weighted by atomic mass is 10.1. The number of hydrogen-bond donors (Lipinski definition) is 1. The number of methoxy groups -OCH3 is 1. The van der Waals surface area contributed by atoms with Crippen molar-refractivity contribution < 1.29 is 23.0 Å². The van der Waals surface area contributed by atoms with E-state index in [9.17, 15) is 13.6 Å². The van der Waals surface area contributed by atoms with Crippen LogP contribution in [0, 0.1) is 13.8 Å². The maximum atomic E-state index is 12.3. The molecule has 0 aliphatic carbocycles. The van der Waals surface area contributed by atoms with Crippen molar-refractivity contribution in [2.24, 2.45) is 0 Å². The lowest BCUT2D eigenvalue weighted by Gasteiger charge is -2.12. The third-order valence-corrected chi connectivity index (χ3v) is 3.67. The van der Waals surface area contributed by atoms with Crippen LogP contribution in [0.15, 0.2) is 36.4 Å². The fourth-order valence-electron chi connectivity index (χ4n) is 2.18. The summed E-state index contributed by atoms with van der Waals surface area (Å²) in [5.74, 6) is -0.0602. The molecular formula is C18H19F2NO3. The Bertz CT molecular complexity index is 732. The predicted octanol–water partition coefficient (Wildman–Crippen LogP) is 3.84. The van der Waals surface area contributed by atoms with Crippen LogP contribution in [-0.2, 0) is 6.54 Å². The standard InChI is InChI=1S/C18H19F2NO3/c1-11-4-6-14(8-12(11)2)17(22)21-10-13-5-7-15(24-18(19)20)16(9-13)23-3/h4-9,18H,10H2,1-3H3,(H,21,22). The number of ether oxygens (including phenoxy) is 2. The summed E-state index contributed by atoms with van der Waals surface area (Å²) < 4.78 is 34.0. The monoisotopic (exact) mass is 335 g/mol. The van der Waals surface area contributed by atoms with E-state index in [-0.39, 0.29) is 24.0 Å². The molecule has 0 aliphatic heterocycles. The van der Waals surface area contributed by atoms with Gasteiger partial charge in [0.1, 0.15) is 0 Å². The summed E-state index contributed by atoms with van der Waals surface area (Å²) in [5.41, 5.74) is 3.44. The van der Waals surface area contributed by atoms with Crippen LogP contribution in [0.3, 0.4) is 0 Å². The average Bonchev–Trinajstić information content (AvgIpc) is 2.55. The first-order chi connectivity index (χ1) is 11.4. The van der Waals surface area contributed by atoms with E-state index in [4.69, 9.17) is 4.74 Å². The number of benzene rings is 2. The van der Waals surface area contributed by atoms with Gasteiger partial charge < -0.3 is 14.8 Å². The highest BCUT2D eigenvalue weighted by molar-refractivity contribution is 5.94. The molecule has 0 aromatic heterocycles. The van der Waals surface area contributed by atoms with Crippen molar-refractivity contribution in [2.75, 3.05) is 7.11 Å². The van der Waals surface area contributed by atoms with Crippen LogP contribution in [0.4, 0.5) is 8.78 Å². The number of carbonyl (C=O) groups is 1. The minimum atomic E-state index is -2.92. The minimum absolute atomic E-state index is 0.0447. The van der Waals surface area contributed by atoms with E-state index in [0.717, 1.165) is 11.1 Å². The van der Waals surface area contributed by atoms with Crippen molar-refractivity contribution in [3.05, 3.63) is 58.7 Å². The third-order valence-electron chi connectivity index (χ3n) is 3.67. The molecule has 0 unspecified atom stereocenters. The Kier molecular flexibility index (Phi) is 5.73. The molecule has 0 atom stereocenters. The number of nitrogens with one attached hydrogen (secondary N) is 1. The molecule has 0 heterocycles. The lowest BCUT2D eigenvalue weighted by molar-refractivity contribution is -0.0512. The second-order valence-corrected chi connectivity index (χ2v) is 5.35. The Balaban J connectivity index is 2.05. The van der Waals surface area contributed by atoms with E-state index in [1.54, 1.807) is 18.2 Å². The Morgan fingerprint density at radius 3 is 2.46 bits per heavy atom. The zero-order valence-electron chi connectivity index (χ0n) is 13.7. The number of alkyl halides is 2. The van der Waals surface area contributed by atoms with Crippen molar-refractivity contribution >= 4 is 5.91 Å². The summed E-state index contributed by atoms with van der Waals surface area (Å²) in [6.45, 7) is 1.25. The second-order valence-electron chi connectivity index (χ2n) is 5.35. The van der Waals surface area contributed by atoms with Gasteiger partial charge in [0.05, 0.1) is 7.11 Å². The molecule has 0 radical (unpaired) electrons. The highest BCUT2D eigenvalue weighted by Crippen LogP contribution is 2.29. The molecule has 4 nitrogen and oxygen atoms in total. The quantitative estimate of drug-likeness (QED) is 0.872. The fourth-order valence-corrected chi connectivity index (χ4v) is 2.18. The molecule has 2 aromatic carbocycles. The molecule has 1 amide bonds. The maximum absolute atomic E-state index is 12.3. The van der Waals surface area contributed by atoms with Gasteiger partial charge >= 0.3 is 6.61 Å². The van der Waals surface area contributed by atoms with E-state index in [2.05, 4.69) is 10.1 Å². The van der Waals surface area contributed by atoms with Gasteiger partial charge in [-0.1, -0.05) is 12.1 Å².